The average Bonchev–Trinajstić information content (AvgIpc) is 2.42. The maximum absolute atomic E-state index is 10.9. The zero-order valence-corrected chi connectivity index (χ0v) is 12.7. The van der Waals surface area contributed by atoms with Crippen LogP contribution in [-0.2, 0) is 0 Å². The molecule has 0 N–H and O–H groups in total. The minimum absolute atomic E-state index is 0.0168. The van der Waals surface area contributed by atoms with Gasteiger partial charge in [-0.2, -0.15) is 0 Å². The summed E-state index contributed by atoms with van der Waals surface area (Å²) in [6.45, 7) is 4.51. The zero-order chi connectivity index (χ0) is 14.3. The first-order chi connectivity index (χ1) is 9.08. The van der Waals surface area contributed by atoms with Gasteiger partial charge in [0.15, 0.2) is 5.75 Å². The predicted octanol–water partition coefficient (Wildman–Crippen LogP) is 4.35. The number of nitrogens with zero attached hydrogens (tertiary/aromatic N) is 1. The third-order valence-electron chi connectivity index (χ3n) is 2.39. The number of hydrogen-bond donors (Lipinski definition) is 0. The van der Waals surface area contributed by atoms with Gasteiger partial charge < -0.3 is 4.74 Å². The van der Waals surface area contributed by atoms with E-state index in [0.29, 0.717) is 24.2 Å². The molecule has 0 radical (unpaired) electrons. The van der Waals surface area contributed by atoms with E-state index >= 15 is 0 Å². The van der Waals surface area contributed by atoms with Gasteiger partial charge in [0.2, 0.25) is 0 Å². The molecule has 0 amide bonds. The second-order valence-corrected chi connectivity index (χ2v) is 5.71. The molecule has 1 atom stereocenters. The fraction of sp³-hybridized carbons (Fsp3) is 0.538. The lowest BCUT2D eigenvalue weighted by atomic mass is 10.3. The number of rotatable bonds is 8. The normalized spacial score (nSPS) is 12.2. The SMILES string of the molecule is CCCOc1cc(SCC(C)CCl)ccc1[N+](=O)[O-]. The van der Waals surface area contributed by atoms with Crippen molar-refractivity contribution in [2.24, 2.45) is 5.92 Å². The van der Waals surface area contributed by atoms with Crippen LogP contribution in [0.4, 0.5) is 5.69 Å². The highest BCUT2D eigenvalue weighted by molar-refractivity contribution is 7.99. The van der Waals surface area contributed by atoms with Crippen LogP contribution in [0.25, 0.3) is 0 Å². The molecular weight excluding hydrogens is 286 g/mol. The van der Waals surface area contributed by atoms with E-state index in [2.05, 4.69) is 6.92 Å². The highest BCUT2D eigenvalue weighted by atomic mass is 35.5. The number of halogens is 1. The van der Waals surface area contributed by atoms with Crippen LogP contribution >= 0.6 is 23.4 Å². The first-order valence-electron chi connectivity index (χ1n) is 6.18. The van der Waals surface area contributed by atoms with Crippen LogP contribution in [0.5, 0.6) is 5.75 Å². The Morgan fingerprint density at radius 1 is 1.53 bits per heavy atom. The minimum Gasteiger partial charge on any atom is -0.487 e. The van der Waals surface area contributed by atoms with E-state index in [1.54, 1.807) is 23.9 Å². The van der Waals surface area contributed by atoms with Crippen molar-refractivity contribution in [2.45, 2.75) is 25.2 Å². The Morgan fingerprint density at radius 3 is 2.84 bits per heavy atom. The van der Waals surface area contributed by atoms with Gasteiger partial charge in [0.25, 0.3) is 0 Å². The number of nitro groups is 1. The molecule has 0 spiro atoms. The molecule has 6 heteroatoms. The summed E-state index contributed by atoms with van der Waals surface area (Å²) >= 11 is 7.39. The lowest BCUT2D eigenvalue weighted by molar-refractivity contribution is -0.385. The molecule has 19 heavy (non-hydrogen) atoms. The summed E-state index contributed by atoms with van der Waals surface area (Å²) in [5.74, 6) is 2.24. The molecule has 4 nitrogen and oxygen atoms in total. The topological polar surface area (TPSA) is 52.4 Å². The van der Waals surface area contributed by atoms with E-state index < -0.39 is 4.92 Å². The van der Waals surface area contributed by atoms with Gasteiger partial charge >= 0.3 is 5.69 Å². The Bertz CT molecular complexity index is 428. The number of benzene rings is 1. The van der Waals surface area contributed by atoms with Crippen molar-refractivity contribution in [3.8, 4) is 5.75 Å². The number of hydrogen-bond acceptors (Lipinski definition) is 4. The summed E-state index contributed by atoms with van der Waals surface area (Å²) in [6.07, 6.45) is 0.817. The lowest BCUT2D eigenvalue weighted by Crippen LogP contribution is -2.01. The summed E-state index contributed by atoms with van der Waals surface area (Å²) in [5.41, 5.74) is 0.0168. The third kappa shape index (κ3) is 5.28. The number of ether oxygens (including phenoxy) is 1. The highest BCUT2D eigenvalue weighted by Crippen LogP contribution is 2.32. The van der Waals surface area contributed by atoms with Crippen LogP contribution in [0.2, 0.25) is 0 Å². The molecule has 0 aliphatic heterocycles. The van der Waals surface area contributed by atoms with Gasteiger partial charge in [-0.15, -0.1) is 23.4 Å². The van der Waals surface area contributed by atoms with Crippen LogP contribution in [0.15, 0.2) is 23.1 Å². The maximum Gasteiger partial charge on any atom is 0.310 e. The van der Waals surface area contributed by atoms with Gasteiger partial charge in [-0.05, 0) is 18.4 Å². The molecule has 0 saturated heterocycles. The standard InChI is InChI=1S/C13H18ClNO3S/c1-3-6-18-13-7-11(19-9-10(2)8-14)4-5-12(13)15(16)17/h4-5,7,10H,3,6,8-9H2,1-2H3. The molecule has 106 valence electrons. The van der Waals surface area contributed by atoms with Crippen molar-refractivity contribution in [1.29, 1.82) is 0 Å². The van der Waals surface area contributed by atoms with Crippen LogP contribution < -0.4 is 4.74 Å². The quantitative estimate of drug-likeness (QED) is 0.310. The third-order valence-corrected chi connectivity index (χ3v) is 4.24. The van der Waals surface area contributed by atoms with Crippen LogP contribution in [0, 0.1) is 16.0 Å². The average molecular weight is 304 g/mol. The van der Waals surface area contributed by atoms with Crippen molar-refractivity contribution in [3.63, 3.8) is 0 Å². The summed E-state index contributed by atoms with van der Waals surface area (Å²) in [4.78, 5) is 11.5. The molecule has 0 aliphatic carbocycles. The van der Waals surface area contributed by atoms with E-state index in [-0.39, 0.29) is 5.69 Å². The molecule has 0 bridgehead atoms. The molecule has 0 fully saturated rings. The van der Waals surface area contributed by atoms with Crippen LogP contribution in [0.3, 0.4) is 0 Å². The molecule has 1 unspecified atom stereocenters. The Hall–Kier alpha value is -0.940. The molecule has 1 rings (SSSR count). The van der Waals surface area contributed by atoms with Crippen molar-refractivity contribution in [2.75, 3.05) is 18.2 Å². The van der Waals surface area contributed by atoms with Crippen LogP contribution in [0.1, 0.15) is 20.3 Å². The monoisotopic (exact) mass is 303 g/mol. The van der Waals surface area contributed by atoms with Gasteiger partial charge in [0.1, 0.15) is 0 Å². The van der Waals surface area contributed by atoms with Crippen molar-refractivity contribution in [1.82, 2.24) is 0 Å². The lowest BCUT2D eigenvalue weighted by Gasteiger charge is -2.09. The van der Waals surface area contributed by atoms with Crippen LogP contribution in [-0.4, -0.2) is 23.2 Å². The summed E-state index contributed by atoms with van der Waals surface area (Å²) in [5, 5.41) is 10.9. The zero-order valence-electron chi connectivity index (χ0n) is 11.1. The Balaban J connectivity index is 2.81. The number of thioether (sulfide) groups is 1. The van der Waals surface area contributed by atoms with Crippen molar-refractivity contribution < 1.29 is 9.66 Å². The fourth-order valence-electron chi connectivity index (χ4n) is 1.35. The van der Waals surface area contributed by atoms with Gasteiger partial charge in [-0.3, -0.25) is 10.1 Å². The summed E-state index contributed by atoms with van der Waals surface area (Å²) in [6, 6.07) is 4.99. The molecule has 1 aromatic carbocycles. The van der Waals surface area contributed by atoms with E-state index in [1.807, 2.05) is 6.92 Å². The van der Waals surface area contributed by atoms with E-state index in [9.17, 15) is 10.1 Å². The minimum atomic E-state index is -0.416. The summed E-state index contributed by atoms with van der Waals surface area (Å²) in [7, 11) is 0. The van der Waals surface area contributed by atoms with Gasteiger partial charge in [-0.1, -0.05) is 13.8 Å². The maximum atomic E-state index is 10.9. The van der Waals surface area contributed by atoms with Gasteiger partial charge in [0.05, 0.1) is 11.5 Å². The summed E-state index contributed by atoms with van der Waals surface area (Å²) < 4.78 is 5.44. The smallest absolute Gasteiger partial charge is 0.310 e. The van der Waals surface area contributed by atoms with Crippen molar-refractivity contribution in [3.05, 3.63) is 28.3 Å². The molecule has 1 aromatic rings. The second-order valence-electron chi connectivity index (χ2n) is 4.31. The fourth-order valence-corrected chi connectivity index (χ4v) is 2.53. The highest BCUT2D eigenvalue weighted by Gasteiger charge is 2.16. The molecule has 0 aliphatic rings. The van der Waals surface area contributed by atoms with Gasteiger partial charge in [-0.25, -0.2) is 0 Å². The number of alkyl halides is 1. The van der Waals surface area contributed by atoms with Crippen molar-refractivity contribution >= 4 is 29.1 Å². The molecule has 0 aromatic heterocycles. The van der Waals surface area contributed by atoms with Gasteiger partial charge in [0, 0.05) is 28.7 Å². The van der Waals surface area contributed by atoms with E-state index in [4.69, 9.17) is 16.3 Å². The number of nitro benzene ring substituents is 1. The first kappa shape index (κ1) is 16.1. The first-order valence-corrected chi connectivity index (χ1v) is 7.70. The molecular formula is C13H18ClNO3S. The largest absolute Gasteiger partial charge is 0.487 e. The predicted molar refractivity (Wildman–Crippen MR) is 79.5 cm³/mol. The van der Waals surface area contributed by atoms with E-state index in [1.165, 1.54) is 6.07 Å². The Kier molecular flexibility index (Phi) is 7.02. The Labute approximate surface area is 122 Å². The molecule has 0 saturated carbocycles. The molecule has 0 heterocycles. The van der Waals surface area contributed by atoms with E-state index in [0.717, 1.165) is 17.1 Å². The Morgan fingerprint density at radius 2 is 2.26 bits per heavy atom. The second kappa shape index (κ2) is 8.27.